The van der Waals surface area contributed by atoms with Gasteiger partial charge in [-0.2, -0.15) is 13.2 Å². The number of fused-ring (bicyclic) bond motifs is 1. The summed E-state index contributed by atoms with van der Waals surface area (Å²) < 4.78 is 37.6. The van der Waals surface area contributed by atoms with Gasteiger partial charge in [-0.3, -0.25) is 0 Å². The number of hydrogen-bond donors (Lipinski definition) is 1. The summed E-state index contributed by atoms with van der Waals surface area (Å²) in [6, 6.07) is 1.02. The largest absolute Gasteiger partial charge is 0.433 e. The Labute approximate surface area is 102 Å². The molecular weight excluding hydrogens is 245 g/mol. The third-order valence-corrected chi connectivity index (χ3v) is 3.91. The molecule has 98 valence electrons. The lowest BCUT2D eigenvalue weighted by atomic mass is 10.2. The summed E-state index contributed by atoms with van der Waals surface area (Å²) in [5, 5.41) is 0. The topological polar surface area (TPSA) is 55.0 Å². The van der Waals surface area contributed by atoms with E-state index in [0.29, 0.717) is 30.1 Å². The monoisotopic (exact) mass is 258 g/mol. The molecule has 0 aromatic carbocycles. The smallest absolute Gasteiger partial charge is 0.356 e. The predicted molar refractivity (Wildman–Crippen MR) is 58.8 cm³/mol. The van der Waals surface area contributed by atoms with Gasteiger partial charge in [0.25, 0.3) is 0 Å². The highest BCUT2D eigenvalue weighted by Crippen LogP contribution is 2.51. The molecule has 1 aromatic heterocycles. The Morgan fingerprint density at radius 3 is 2.50 bits per heavy atom. The van der Waals surface area contributed by atoms with Crippen molar-refractivity contribution in [1.29, 1.82) is 0 Å². The van der Waals surface area contributed by atoms with Crippen molar-refractivity contribution in [2.24, 2.45) is 23.5 Å². The minimum absolute atomic E-state index is 0.361. The van der Waals surface area contributed by atoms with Gasteiger partial charge in [-0.05, 0) is 24.3 Å². The van der Waals surface area contributed by atoms with Crippen LogP contribution in [0.2, 0.25) is 0 Å². The zero-order valence-electron chi connectivity index (χ0n) is 9.56. The maximum Gasteiger partial charge on any atom is 0.433 e. The van der Waals surface area contributed by atoms with E-state index < -0.39 is 11.9 Å². The molecule has 18 heavy (non-hydrogen) atoms. The Morgan fingerprint density at radius 2 is 1.94 bits per heavy atom. The van der Waals surface area contributed by atoms with E-state index in [1.54, 1.807) is 0 Å². The van der Waals surface area contributed by atoms with Crippen molar-refractivity contribution in [3.63, 3.8) is 0 Å². The zero-order valence-corrected chi connectivity index (χ0v) is 9.56. The second-order valence-corrected chi connectivity index (χ2v) is 4.89. The number of hydrogen-bond acceptors (Lipinski definition) is 4. The quantitative estimate of drug-likeness (QED) is 0.864. The normalized spacial score (nSPS) is 30.4. The van der Waals surface area contributed by atoms with Gasteiger partial charge in [0.1, 0.15) is 17.8 Å². The van der Waals surface area contributed by atoms with Crippen LogP contribution in [0.15, 0.2) is 12.4 Å². The minimum atomic E-state index is -4.42. The fourth-order valence-corrected chi connectivity index (χ4v) is 2.86. The molecule has 1 unspecified atom stereocenters. The Morgan fingerprint density at radius 1 is 1.28 bits per heavy atom. The van der Waals surface area contributed by atoms with Crippen LogP contribution in [0.5, 0.6) is 0 Å². The van der Waals surface area contributed by atoms with Gasteiger partial charge in [0, 0.05) is 19.2 Å². The van der Waals surface area contributed by atoms with Gasteiger partial charge >= 0.3 is 6.18 Å². The van der Waals surface area contributed by atoms with Crippen LogP contribution in [0.4, 0.5) is 19.0 Å². The number of rotatable bonds is 2. The third-order valence-electron chi connectivity index (χ3n) is 3.91. The fourth-order valence-electron chi connectivity index (χ4n) is 2.86. The lowest BCUT2D eigenvalue weighted by Crippen LogP contribution is -2.27. The fraction of sp³-hybridized carbons (Fsp3) is 0.636. The summed E-state index contributed by atoms with van der Waals surface area (Å²) in [6.45, 7) is 2.17. The van der Waals surface area contributed by atoms with E-state index in [1.165, 1.54) is 0 Å². The van der Waals surface area contributed by atoms with Crippen LogP contribution in [0.1, 0.15) is 5.69 Å². The van der Waals surface area contributed by atoms with Crippen LogP contribution in [-0.4, -0.2) is 29.6 Å². The highest BCUT2D eigenvalue weighted by atomic mass is 19.4. The number of halogens is 3. The van der Waals surface area contributed by atoms with Crippen LogP contribution >= 0.6 is 0 Å². The maximum absolute atomic E-state index is 12.5. The van der Waals surface area contributed by atoms with E-state index in [2.05, 4.69) is 9.97 Å². The van der Waals surface area contributed by atoms with Crippen molar-refractivity contribution < 1.29 is 13.2 Å². The SMILES string of the molecule is NCC1[C@H]2CN(c3cc(C(F)(F)F)ncn3)C[C@@H]12. The molecule has 2 N–H and O–H groups in total. The minimum Gasteiger partial charge on any atom is -0.356 e. The van der Waals surface area contributed by atoms with Gasteiger partial charge in [0.15, 0.2) is 0 Å². The molecule has 0 bridgehead atoms. The highest BCUT2D eigenvalue weighted by Gasteiger charge is 2.55. The summed E-state index contributed by atoms with van der Waals surface area (Å²) in [6.07, 6.45) is -3.44. The first-order chi connectivity index (χ1) is 8.50. The molecule has 2 aliphatic rings. The van der Waals surface area contributed by atoms with E-state index in [4.69, 9.17) is 5.73 Å². The van der Waals surface area contributed by atoms with E-state index in [-0.39, 0.29) is 0 Å². The van der Waals surface area contributed by atoms with Crippen LogP contribution in [-0.2, 0) is 6.18 Å². The summed E-state index contributed by atoms with van der Waals surface area (Å²) in [5.74, 6) is 1.96. The van der Waals surface area contributed by atoms with Crippen LogP contribution in [0, 0.1) is 17.8 Å². The summed E-state index contributed by atoms with van der Waals surface area (Å²) in [7, 11) is 0. The van der Waals surface area contributed by atoms with Crippen molar-refractivity contribution in [1.82, 2.24) is 9.97 Å². The summed E-state index contributed by atoms with van der Waals surface area (Å²) in [4.78, 5) is 9.07. The average molecular weight is 258 g/mol. The molecule has 2 heterocycles. The molecule has 0 radical (unpaired) electrons. The second-order valence-electron chi connectivity index (χ2n) is 4.89. The van der Waals surface area contributed by atoms with E-state index in [9.17, 15) is 13.2 Å². The molecular formula is C11H13F3N4. The number of aromatic nitrogens is 2. The third kappa shape index (κ3) is 1.82. The lowest BCUT2D eigenvalue weighted by molar-refractivity contribution is -0.141. The molecule has 3 atom stereocenters. The first kappa shape index (κ1) is 11.7. The van der Waals surface area contributed by atoms with Crippen molar-refractivity contribution in [3.05, 3.63) is 18.1 Å². The zero-order chi connectivity index (χ0) is 12.9. The molecule has 2 fully saturated rings. The Hall–Kier alpha value is -1.37. The summed E-state index contributed by atoms with van der Waals surface area (Å²) in [5.41, 5.74) is 4.71. The van der Waals surface area contributed by atoms with Gasteiger partial charge in [0.2, 0.25) is 0 Å². The Balaban J connectivity index is 1.75. The van der Waals surface area contributed by atoms with Crippen LogP contribution < -0.4 is 10.6 Å². The Bertz CT molecular complexity index is 450. The molecule has 0 spiro atoms. The number of piperidine rings is 1. The van der Waals surface area contributed by atoms with Crippen molar-refractivity contribution in [2.45, 2.75) is 6.18 Å². The first-order valence-electron chi connectivity index (χ1n) is 5.85. The maximum atomic E-state index is 12.5. The molecule has 1 aliphatic heterocycles. The molecule has 7 heteroatoms. The first-order valence-corrected chi connectivity index (χ1v) is 5.85. The van der Waals surface area contributed by atoms with Crippen molar-refractivity contribution >= 4 is 5.82 Å². The summed E-state index contributed by atoms with van der Waals surface area (Å²) >= 11 is 0. The number of nitrogens with two attached hydrogens (primary N) is 1. The van der Waals surface area contributed by atoms with Gasteiger partial charge in [-0.15, -0.1) is 0 Å². The Kier molecular flexibility index (Phi) is 2.48. The van der Waals surface area contributed by atoms with E-state index in [1.807, 2.05) is 4.90 Å². The van der Waals surface area contributed by atoms with Gasteiger partial charge in [-0.25, -0.2) is 9.97 Å². The van der Waals surface area contributed by atoms with E-state index in [0.717, 1.165) is 25.5 Å². The van der Waals surface area contributed by atoms with Gasteiger partial charge < -0.3 is 10.6 Å². The average Bonchev–Trinajstić information content (AvgIpc) is 2.80. The number of alkyl halides is 3. The van der Waals surface area contributed by atoms with Gasteiger partial charge in [-0.1, -0.05) is 0 Å². The molecule has 1 saturated heterocycles. The highest BCUT2D eigenvalue weighted by molar-refractivity contribution is 5.43. The van der Waals surface area contributed by atoms with Gasteiger partial charge in [0.05, 0.1) is 0 Å². The number of nitrogens with zero attached hydrogens (tertiary/aromatic N) is 3. The standard InChI is InChI=1S/C11H13F3N4/c12-11(13,14)9-1-10(17-5-16-9)18-3-7-6(2-15)8(7)4-18/h1,5-8H,2-4,15H2/t6?,7-,8+. The van der Waals surface area contributed by atoms with Crippen LogP contribution in [0.3, 0.4) is 0 Å². The molecule has 1 aromatic rings. The van der Waals surface area contributed by atoms with Crippen molar-refractivity contribution in [3.8, 4) is 0 Å². The van der Waals surface area contributed by atoms with Crippen LogP contribution in [0.25, 0.3) is 0 Å². The molecule has 1 saturated carbocycles. The van der Waals surface area contributed by atoms with Crippen molar-refractivity contribution in [2.75, 3.05) is 24.5 Å². The molecule has 3 rings (SSSR count). The predicted octanol–water partition coefficient (Wildman–Crippen LogP) is 1.14. The second kappa shape index (κ2) is 3.81. The lowest BCUT2D eigenvalue weighted by Gasteiger charge is -2.21. The molecule has 0 amide bonds. The molecule has 4 nitrogen and oxygen atoms in total. The van der Waals surface area contributed by atoms with E-state index >= 15 is 0 Å². The molecule has 1 aliphatic carbocycles. The number of anilines is 1.